The minimum Gasteiger partial charge on any atom is -0.493 e. The maximum absolute atomic E-state index is 14.7. The number of halogens is 1. The summed E-state index contributed by atoms with van der Waals surface area (Å²) in [5.74, 6) is 0.396. The second-order valence-corrected chi connectivity index (χ2v) is 17.8. The second kappa shape index (κ2) is 22.9. The molecule has 0 radical (unpaired) electrons. The lowest BCUT2D eigenvalue weighted by molar-refractivity contribution is -0.256. The quantitative estimate of drug-likeness (QED) is 0.0247. The summed E-state index contributed by atoms with van der Waals surface area (Å²) >= 11 is 7.90. The average Bonchev–Trinajstić information content (AvgIpc) is 3.31. The van der Waals surface area contributed by atoms with Crippen LogP contribution in [-0.2, 0) is 20.9 Å². The van der Waals surface area contributed by atoms with Crippen molar-refractivity contribution in [3.63, 3.8) is 0 Å². The van der Waals surface area contributed by atoms with Crippen LogP contribution in [0.1, 0.15) is 68.9 Å². The fraction of sp³-hybridized carbons (Fsp3) is 0.451. The van der Waals surface area contributed by atoms with Crippen LogP contribution < -0.4 is 9.47 Å². The third-order valence-corrected chi connectivity index (χ3v) is 13.6. The number of fused-ring (bicyclic) bond motifs is 3. The Balaban J connectivity index is 1.40. The molecule has 3 aliphatic rings. The number of aliphatic hydroxyl groups is 2. The van der Waals surface area contributed by atoms with Gasteiger partial charge in [0.1, 0.15) is 30.8 Å². The molecule has 0 saturated heterocycles. The highest BCUT2D eigenvalue weighted by atomic mass is 35.5. The summed E-state index contributed by atoms with van der Waals surface area (Å²) in [7, 11) is 0. The minimum absolute atomic E-state index is 0.0233. The van der Waals surface area contributed by atoms with Crippen LogP contribution in [0, 0.1) is 17.8 Å². The number of nitrogens with zero attached hydrogens (tertiary/aromatic N) is 2. The van der Waals surface area contributed by atoms with Gasteiger partial charge in [-0.1, -0.05) is 90.8 Å². The van der Waals surface area contributed by atoms with Crippen molar-refractivity contribution in [2.45, 2.75) is 81.1 Å². The lowest BCUT2D eigenvalue weighted by atomic mass is 9.55. The van der Waals surface area contributed by atoms with Gasteiger partial charge < -0.3 is 34.0 Å². The maximum Gasteiger partial charge on any atom is 0.410 e. The Hall–Kier alpha value is -4.52. The average molecular weight is 898 g/mol. The maximum atomic E-state index is 14.7. The largest absolute Gasteiger partial charge is 0.493 e. The highest BCUT2D eigenvalue weighted by molar-refractivity contribution is 7.99. The van der Waals surface area contributed by atoms with Crippen molar-refractivity contribution in [1.29, 1.82) is 0 Å². The van der Waals surface area contributed by atoms with Crippen molar-refractivity contribution < 1.29 is 38.8 Å². The minimum atomic E-state index is -1.44. The van der Waals surface area contributed by atoms with E-state index < -0.39 is 23.8 Å². The molecular formula is C51H61ClN2O8S. The van der Waals surface area contributed by atoms with Crippen molar-refractivity contribution in [3.8, 4) is 11.5 Å². The predicted octanol–water partition coefficient (Wildman–Crippen LogP) is 10.5. The zero-order valence-corrected chi connectivity index (χ0v) is 37.8. The molecule has 0 spiro atoms. The van der Waals surface area contributed by atoms with Crippen molar-refractivity contribution in [2.75, 3.05) is 51.3 Å². The fourth-order valence-corrected chi connectivity index (χ4v) is 10.7. The number of thioether (sulfide) groups is 1. The van der Waals surface area contributed by atoms with Gasteiger partial charge in [-0.25, -0.2) is 4.79 Å². The van der Waals surface area contributed by atoms with Crippen LogP contribution in [0.15, 0.2) is 125 Å². The van der Waals surface area contributed by atoms with Crippen LogP contribution in [-0.4, -0.2) is 90.0 Å². The summed E-state index contributed by atoms with van der Waals surface area (Å²) in [4.78, 5) is 23.6. The Bertz CT molecular complexity index is 2180. The first kappa shape index (κ1) is 46.5. The van der Waals surface area contributed by atoms with Crippen LogP contribution in [0.4, 0.5) is 4.79 Å². The smallest absolute Gasteiger partial charge is 0.410 e. The van der Waals surface area contributed by atoms with Crippen molar-refractivity contribution in [3.05, 3.63) is 126 Å². The molecule has 1 saturated carbocycles. The second-order valence-electron chi connectivity index (χ2n) is 16.3. The number of hydrogen-bond donors (Lipinski definition) is 2. The lowest BCUT2D eigenvalue weighted by Gasteiger charge is -2.59. The van der Waals surface area contributed by atoms with E-state index in [-0.39, 0.29) is 63.0 Å². The summed E-state index contributed by atoms with van der Waals surface area (Å²) in [6.45, 7) is 7.42. The van der Waals surface area contributed by atoms with Gasteiger partial charge in [-0.05, 0) is 96.7 Å². The first-order valence-corrected chi connectivity index (χ1v) is 23.9. The molecule has 1 amide bonds. The zero-order chi connectivity index (χ0) is 44.0. The van der Waals surface area contributed by atoms with E-state index in [0.717, 1.165) is 70.4 Å². The zero-order valence-electron chi connectivity index (χ0n) is 36.2. The number of amides is 1. The molecule has 4 aromatic carbocycles. The highest BCUT2D eigenvalue weighted by Gasteiger charge is 2.65. The van der Waals surface area contributed by atoms with Gasteiger partial charge in [0.2, 0.25) is 5.79 Å². The number of allylic oxidation sites excluding steroid dienone is 1. The Morgan fingerprint density at radius 2 is 1.76 bits per heavy atom. The monoisotopic (exact) mass is 896 g/mol. The van der Waals surface area contributed by atoms with E-state index in [1.54, 1.807) is 22.7 Å². The summed E-state index contributed by atoms with van der Waals surface area (Å²) < 4.78 is 27.0. The number of unbranched alkanes of at least 4 members (excludes halogenated alkanes) is 2. The first-order valence-electron chi connectivity index (χ1n) is 22.4. The van der Waals surface area contributed by atoms with Crippen molar-refractivity contribution >= 4 is 45.9 Å². The molecule has 0 bridgehead atoms. The van der Waals surface area contributed by atoms with Gasteiger partial charge in [0, 0.05) is 41.8 Å². The molecule has 6 atom stereocenters. The lowest BCUT2D eigenvalue weighted by Crippen LogP contribution is -2.70. The molecule has 63 heavy (non-hydrogen) atoms. The van der Waals surface area contributed by atoms with E-state index in [0.29, 0.717) is 31.8 Å². The Labute approximate surface area is 381 Å². The molecule has 1 heterocycles. The molecule has 10 nitrogen and oxygen atoms in total. The van der Waals surface area contributed by atoms with Crippen molar-refractivity contribution in [1.82, 2.24) is 4.90 Å². The van der Waals surface area contributed by atoms with Gasteiger partial charge in [-0.3, -0.25) is 4.90 Å². The van der Waals surface area contributed by atoms with Gasteiger partial charge in [-0.2, -0.15) is 0 Å². The number of carbonyl (C=O) groups is 1. The van der Waals surface area contributed by atoms with Crippen LogP contribution >= 0.6 is 23.4 Å². The molecular weight excluding hydrogens is 836 g/mol. The Kier molecular flexibility index (Phi) is 16.9. The third kappa shape index (κ3) is 10.7. The molecule has 7 rings (SSSR count). The van der Waals surface area contributed by atoms with E-state index in [9.17, 15) is 15.0 Å². The summed E-state index contributed by atoms with van der Waals surface area (Å²) in [6, 6.07) is 29.9. The summed E-state index contributed by atoms with van der Waals surface area (Å²) in [6.07, 6.45) is 8.47. The van der Waals surface area contributed by atoms with Crippen molar-refractivity contribution in [2.24, 2.45) is 22.9 Å². The van der Waals surface area contributed by atoms with E-state index in [2.05, 4.69) is 49.1 Å². The number of ether oxygens (including phenoxy) is 4. The van der Waals surface area contributed by atoms with Gasteiger partial charge in [0.25, 0.3) is 0 Å². The Morgan fingerprint density at radius 3 is 2.54 bits per heavy atom. The highest BCUT2D eigenvalue weighted by Crippen LogP contribution is 2.62. The fourth-order valence-electron chi connectivity index (χ4n) is 9.84. The van der Waals surface area contributed by atoms with Crippen LogP contribution in [0.3, 0.4) is 0 Å². The molecule has 1 aliphatic heterocycles. The molecule has 6 unspecified atom stereocenters. The van der Waals surface area contributed by atoms with Crippen LogP contribution in [0.25, 0.3) is 10.8 Å². The first-order chi connectivity index (χ1) is 31.0. The number of rotatable bonds is 23. The van der Waals surface area contributed by atoms with E-state index in [1.807, 2.05) is 61.5 Å². The summed E-state index contributed by atoms with van der Waals surface area (Å²) in [5.41, 5.74) is 3.63. The standard InChI is InChI=1S/C51H61ClN2O8S/c1-3-28-60-51-47(54(50(57)59-29-25-52)35-38-18-14-17-36-15-8-9-21-41(36)38)34-45(53-61-4-2)43-32-37(16-10-12-26-55)42(22-11-13-27-56)48(49(43)51)44-33-39(23-24-46(44)62-51)58-30-31-63-40-19-6-5-7-20-40/h3,5-9,14-15,17-21,23-24,32-33,37,42,47-49,55-56H,1,4,10-13,16,22,25-31,34-35H2,2H3. The summed E-state index contributed by atoms with van der Waals surface area (Å²) in [5, 5.41) is 26.8. The topological polar surface area (TPSA) is 119 Å². The van der Waals surface area contributed by atoms with E-state index in [4.69, 9.17) is 40.5 Å². The normalized spacial score (nSPS) is 23.0. The number of hydrogen-bond acceptors (Lipinski definition) is 10. The van der Waals surface area contributed by atoms with Crippen LogP contribution in [0.2, 0.25) is 0 Å². The number of benzene rings is 4. The van der Waals surface area contributed by atoms with Gasteiger partial charge in [0.15, 0.2) is 0 Å². The molecule has 336 valence electrons. The van der Waals surface area contributed by atoms with Gasteiger partial charge >= 0.3 is 6.09 Å². The van der Waals surface area contributed by atoms with Gasteiger partial charge in [-0.15, -0.1) is 29.9 Å². The van der Waals surface area contributed by atoms with Gasteiger partial charge in [0.05, 0.1) is 37.3 Å². The Morgan fingerprint density at radius 1 is 0.984 bits per heavy atom. The van der Waals surface area contributed by atoms with E-state index >= 15 is 0 Å². The number of aliphatic hydroxyl groups excluding tert-OH is 2. The number of alkyl halides is 1. The molecule has 12 heteroatoms. The van der Waals surface area contributed by atoms with E-state index in [1.165, 1.54) is 4.90 Å². The molecule has 0 aromatic heterocycles. The third-order valence-electron chi connectivity index (χ3n) is 12.4. The molecule has 2 aliphatic carbocycles. The molecule has 2 N–H and O–H groups in total. The number of oxime groups is 1. The SMILES string of the molecule is C=CCOC12Oc3ccc(OCCSc4ccccc4)cc3C3C(CCCCO)C(CCCCO)C=C(C(=NOCC)CC1N(Cc1cccc4ccccc14)C(=O)OCCCl)C32. The molecule has 1 fully saturated rings. The number of carbonyl (C=O) groups excluding carboxylic acids is 1. The predicted molar refractivity (Wildman–Crippen MR) is 251 cm³/mol. The molecule has 4 aromatic rings. The van der Waals surface area contributed by atoms with Crippen LogP contribution in [0.5, 0.6) is 11.5 Å².